The summed E-state index contributed by atoms with van der Waals surface area (Å²) in [6.45, 7) is -0.102. The molecule has 0 unspecified atom stereocenters. The lowest BCUT2D eigenvalue weighted by Crippen LogP contribution is -2.34. The van der Waals surface area contributed by atoms with Gasteiger partial charge in [-0.2, -0.15) is 12.7 Å². The lowest BCUT2D eigenvalue weighted by Gasteiger charge is -2.18. The van der Waals surface area contributed by atoms with E-state index >= 15 is 0 Å². The van der Waals surface area contributed by atoms with Crippen LogP contribution in [0.5, 0.6) is 0 Å². The van der Waals surface area contributed by atoms with Gasteiger partial charge in [0, 0.05) is 22.2 Å². The first-order chi connectivity index (χ1) is 8.72. The summed E-state index contributed by atoms with van der Waals surface area (Å²) < 4.78 is 27.8. The molecule has 0 saturated carbocycles. The summed E-state index contributed by atoms with van der Waals surface area (Å²) in [6.07, 6.45) is -0.255. The number of carboxylic acid groups (broad SMARTS) is 1. The Morgan fingerprint density at radius 1 is 1.53 bits per heavy atom. The van der Waals surface area contributed by atoms with E-state index in [1.165, 1.54) is 7.05 Å². The molecule has 1 aromatic carbocycles. The molecule has 0 aliphatic rings. The quantitative estimate of drug-likeness (QED) is 0.692. The molecule has 9 heteroatoms. The second kappa shape index (κ2) is 6.73. The van der Waals surface area contributed by atoms with E-state index in [0.29, 0.717) is 14.3 Å². The van der Waals surface area contributed by atoms with E-state index in [4.69, 9.17) is 16.7 Å². The van der Waals surface area contributed by atoms with Crippen LogP contribution in [0, 0.1) is 3.57 Å². The smallest absolute Gasteiger partial charge is 0.304 e. The number of carbonyl (C=O) groups is 1. The van der Waals surface area contributed by atoms with Crippen molar-refractivity contribution in [3.63, 3.8) is 0 Å². The molecule has 0 aromatic heterocycles. The third kappa shape index (κ3) is 5.13. The molecule has 0 amide bonds. The van der Waals surface area contributed by atoms with Crippen LogP contribution >= 0.6 is 34.2 Å². The van der Waals surface area contributed by atoms with Crippen molar-refractivity contribution < 1.29 is 18.3 Å². The average molecular weight is 419 g/mol. The molecule has 1 rings (SSSR count). The first-order valence-corrected chi connectivity index (χ1v) is 8.03. The number of hydrogen-bond donors (Lipinski definition) is 2. The highest BCUT2D eigenvalue weighted by atomic mass is 127. The predicted molar refractivity (Wildman–Crippen MR) is 81.6 cm³/mol. The van der Waals surface area contributed by atoms with E-state index in [9.17, 15) is 13.2 Å². The Balaban J connectivity index is 2.81. The van der Waals surface area contributed by atoms with Crippen molar-refractivity contribution in [2.75, 3.05) is 18.3 Å². The summed E-state index contributed by atoms with van der Waals surface area (Å²) in [5, 5.41) is 9.04. The zero-order valence-electron chi connectivity index (χ0n) is 9.93. The molecule has 0 aliphatic heterocycles. The number of nitrogens with one attached hydrogen (secondary N) is 1. The van der Waals surface area contributed by atoms with Gasteiger partial charge < -0.3 is 5.11 Å². The Kier molecular flexibility index (Phi) is 5.83. The highest BCUT2D eigenvalue weighted by molar-refractivity contribution is 14.1. The Morgan fingerprint density at radius 2 is 2.16 bits per heavy atom. The van der Waals surface area contributed by atoms with Crippen LogP contribution in [0.1, 0.15) is 6.42 Å². The van der Waals surface area contributed by atoms with Gasteiger partial charge >= 0.3 is 16.2 Å². The number of carboxylic acids is 1. The second-order valence-corrected chi connectivity index (χ2v) is 7.07. The molecular formula is C10H12ClIN2O4S. The topological polar surface area (TPSA) is 86.7 Å². The summed E-state index contributed by atoms with van der Waals surface area (Å²) in [4.78, 5) is 10.4. The number of halogens is 2. The lowest BCUT2D eigenvalue weighted by molar-refractivity contribution is -0.137. The highest BCUT2D eigenvalue weighted by Crippen LogP contribution is 2.23. The van der Waals surface area contributed by atoms with Crippen LogP contribution < -0.4 is 4.72 Å². The van der Waals surface area contributed by atoms with E-state index in [2.05, 4.69) is 4.72 Å². The van der Waals surface area contributed by atoms with Gasteiger partial charge in [0.25, 0.3) is 0 Å². The molecule has 0 saturated heterocycles. The summed E-state index contributed by atoms with van der Waals surface area (Å²) >= 11 is 7.74. The maximum atomic E-state index is 11.9. The summed E-state index contributed by atoms with van der Waals surface area (Å²) in [5.74, 6) is -1.05. The largest absolute Gasteiger partial charge is 0.481 e. The van der Waals surface area contributed by atoms with Crippen LogP contribution in [0.4, 0.5) is 5.69 Å². The fraction of sp³-hybridized carbons (Fsp3) is 0.300. The van der Waals surface area contributed by atoms with Crippen LogP contribution in [-0.4, -0.2) is 37.4 Å². The van der Waals surface area contributed by atoms with Gasteiger partial charge in [-0.05, 0) is 40.8 Å². The molecule has 1 aromatic rings. The van der Waals surface area contributed by atoms with Crippen LogP contribution in [0.2, 0.25) is 5.02 Å². The highest BCUT2D eigenvalue weighted by Gasteiger charge is 2.19. The van der Waals surface area contributed by atoms with Crippen molar-refractivity contribution in [1.29, 1.82) is 0 Å². The van der Waals surface area contributed by atoms with Gasteiger partial charge in [-0.1, -0.05) is 11.6 Å². The van der Waals surface area contributed by atoms with Gasteiger partial charge in [-0.25, -0.2) is 0 Å². The van der Waals surface area contributed by atoms with Crippen molar-refractivity contribution in [3.05, 3.63) is 26.8 Å². The molecule has 0 spiro atoms. The third-order valence-corrected chi connectivity index (χ3v) is 4.83. The number of aliphatic carboxylic acids is 1. The molecule has 0 fully saturated rings. The summed E-state index contributed by atoms with van der Waals surface area (Å²) in [5.41, 5.74) is 0.396. The zero-order chi connectivity index (χ0) is 14.6. The van der Waals surface area contributed by atoms with Gasteiger partial charge in [0.05, 0.1) is 12.1 Å². The zero-order valence-corrected chi connectivity index (χ0v) is 13.7. The second-order valence-electron chi connectivity index (χ2n) is 3.70. The van der Waals surface area contributed by atoms with Gasteiger partial charge in [0.2, 0.25) is 0 Å². The normalized spacial score (nSPS) is 11.6. The maximum absolute atomic E-state index is 11.9. The standard InChI is InChI=1S/C10H12ClIN2O4S/c1-14(5-4-10(15)16)19(17,18)13-9-3-2-7(11)6-8(9)12/h2-3,6,13H,4-5H2,1H3,(H,15,16). The molecule has 0 heterocycles. The Hall–Kier alpha value is -0.580. The van der Waals surface area contributed by atoms with Crippen molar-refractivity contribution >= 4 is 56.1 Å². The van der Waals surface area contributed by atoms with Crippen molar-refractivity contribution in [2.24, 2.45) is 0 Å². The monoisotopic (exact) mass is 418 g/mol. The predicted octanol–water partition coefficient (Wildman–Crippen LogP) is 2.01. The van der Waals surface area contributed by atoms with Crippen LogP contribution in [0.15, 0.2) is 18.2 Å². The minimum Gasteiger partial charge on any atom is -0.481 e. The molecule has 0 radical (unpaired) electrons. The fourth-order valence-corrected chi connectivity index (χ4v) is 3.30. The molecule has 0 bridgehead atoms. The van der Waals surface area contributed by atoms with Gasteiger partial charge in [-0.15, -0.1) is 0 Å². The van der Waals surface area contributed by atoms with E-state index in [0.717, 1.165) is 4.31 Å². The molecule has 106 valence electrons. The van der Waals surface area contributed by atoms with Crippen LogP contribution in [0.25, 0.3) is 0 Å². The molecule has 6 nitrogen and oxygen atoms in total. The lowest BCUT2D eigenvalue weighted by atomic mass is 10.3. The van der Waals surface area contributed by atoms with Gasteiger partial charge in [0.15, 0.2) is 0 Å². The average Bonchev–Trinajstić information content (AvgIpc) is 2.29. The number of benzene rings is 1. The van der Waals surface area contributed by atoms with E-state index in [1.54, 1.807) is 18.2 Å². The third-order valence-electron chi connectivity index (χ3n) is 2.22. The maximum Gasteiger partial charge on any atom is 0.304 e. The minimum atomic E-state index is -3.77. The first-order valence-electron chi connectivity index (χ1n) is 5.13. The molecule has 0 atom stereocenters. The van der Waals surface area contributed by atoms with E-state index in [1.807, 2.05) is 22.6 Å². The number of anilines is 1. The molecule has 2 N–H and O–H groups in total. The minimum absolute atomic E-state index is 0.102. The van der Waals surface area contributed by atoms with Crippen molar-refractivity contribution in [2.45, 2.75) is 6.42 Å². The summed E-state index contributed by atoms with van der Waals surface area (Å²) in [7, 11) is -2.46. The number of hydrogen-bond acceptors (Lipinski definition) is 3. The van der Waals surface area contributed by atoms with Crippen LogP contribution in [-0.2, 0) is 15.0 Å². The molecule has 0 aliphatic carbocycles. The van der Waals surface area contributed by atoms with E-state index < -0.39 is 16.2 Å². The molecular weight excluding hydrogens is 407 g/mol. The first kappa shape index (κ1) is 16.5. The Bertz CT molecular complexity index is 579. The van der Waals surface area contributed by atoms with Gasteiger partial charge in [0.1, 0.15) is 0 Å². The summed E-state index contributed by atoms with van der Waals surface area (Å²) in [6, 6.07) is 4.74. The number of rotatable bonds is 6. The Labute approximate surface area is 130 Å². The molecule has 19 heavy (non-hydrogen) atoms. The van der Waals surface area contributed by atoms with Crippen LogP contribution in [0.3, 0.4) is 0 Å². The number of nitrogens with zero attached hydrogens (tertiary/aromatic N) is 1. The van der Waals surface area contributed by atoms with Crippen molar-refractivity contribution in [3.8, 4) is 0 Å². The Morgan fingerprint density at radius 3 is 2.68 bits per heavy atom. The fourth-order valence-electron chi connectivity index (χ4n) is 1.16. The van der Waals surface area contributed by atoms with Gasteiger partial charge in [-0.3, -0.25) is 9.52 Å². The van der Waals surface area contributed by atoms with Crippen molar-refractivity contribution in [1.82, 2.24) is 4.31 Å². The van der Waals surface area contributed by atoms with E-state index in [-0.39, 0.29) is 13.0 Å². The SMILES string of the molecule is CN(CCC(=O)O)S(=O)(=O)Nc1ccc(Cl)cc1I.